The highest BCUT2D eigenvalue weighted by Gasteiger charge is 2.29. The topological polar surface area (TPSA) is 88.5 Å². The first kappa shape index (κ1) is 24.7. The zero-order valence-corrected chi connectivity index (χ0v) is 20.2. The fraction of sp³-hybridized carbons (Fsp3) is 0.207. The van der Waals surface area contributed by atoms with Gasteiger partial charge in [0.1, 0.15) is 11.6 Å². The Kier molecular flexibility index (Phi) is 8.12. The molecule has 2 N–H and O–H groups in total. The highest BCUT2D eigenvalue weighted by atomic mass is 16.2. The van der Waals surface area contributed by atoms with Gasteiger partial charge in [-0.25, -0.2) is 0 Å². The van der Waals surface area contributed by atoms with E-state index in [1.165, 1.54) is 24.3 Å². The van der Waals surface area contributed by atoms with Gasteiger partial charge in [0.05, 0.1) is 6.04 Å². The lowest BCUT2D eigenvalue weighted by atomic mass is 9.96. The van der Waals surface area contributed by atoms with Crippen molar-refractivity contribution in [2.24, 2.45) is 0 Å². The molecule has 0 atom stereocenters. The Labute approximate surface area is 211 Å². The molecule has 0 aromatic heterocycles. The summed E-state index contributed by atoms with van der Waals surface area (Å²) in [5.41, 5.74) is 3.77. The van der Waals surface area contributed by atoms with Crippen LogP contribution < -0.4 is 10.6 Å². The molecule has 0 unspecified atom stereocenters. The van der Waals surface area contributed by atoms with Crippen molar-refractivity contribution < 1.29 is 9.59 Å². The molecule has 1 saturated heterocycles. The first-order chi connectivity index (χ1) is 17.5. The standard InChI is InChI=1S/C29H29N5O2/c1-22(35)32-27-14-8-13-26(19-27)31-21-25(20-30)29(36)34-17-15-33(16-18-34)28(23-9-4-2-5-10-23)24-11-6-3-7-12-24/h2-14,19,21,28,31H,15-18H2,1H3,(H,32,35)/b25-21-. The maximum absolute atomic E-state index is 13.1. The predicted molar refractivity (Wildman–Crippen MR) is 141 cm³/mol. The molecule has 1 fully saturated rings. The zero-order chi connectivity index (χ0) is 25.3. The van der Waals surface area contributed by atoms with Crippen LogP contribution in [0.5, 0.6) is 0 Å². The van der Waals surface area contributed by atoms with Gasteiger partial charge in [-0.1, -0.05) is 66.7 Å². The van der Waals surface area contributed by atoms with Crippen molar-refractivity contribution in [3.05, 3.63) is 108 Å². The lowest BCUT2D eigenvalue weighted by Gasteiger charge is -2.39. The van der Waals surface area contributed by atoms with Gasteiger partial charge in [-0.15, -0.1) is 0 Å². The van der Waals surface area contributed by atoms with Crippen molar-refractivity contribution in [3.8, 4) is 6.07 Å². The van der Waals surface area contributed by atoms with E-state index < -0.39 is 0 Å². The van der Waals surface area contributed by atoms with Crippen LogP contribution in [0.25, 0.3) is 0 Å². The van der Waals surface area contributed by atoms with Crippen LogP contribution in [-0.4, -0.2) is 47.8 Å². The molecule has 0 spiro atoms. The van der Waals surface area contributed by atoms with Gasteiger partial charge in [-0.2, -0.15) is 5.26 Å². The van der Waals surface area contributed by atoms with Crippen LogP contribution in [0.3, 0.4) is 0 Å². The summed E-state index contributed by atoms with van der Waals surface area (Å²) >= 11 is 0. The van der Waals surface area contributed by atoms with Crippen LogP contribution in [-0.2, 0) is 9.59 Å². The van der Waals surface area contributed by atoms with Crippen LogP contribution >= 0.6 is 0 Å². The van der Waals surface area contributed by atoms with E-state index in [1.54, 1.807) is 29.2 Å². The van der Waals surface area contributed by atoms with Crippen molar-refractivity contribution in [1.29, 1.82) is 5.26 Å². The highest BCUT2D eigenvalue weighted by Crippen LogP contribution is 2.29. The average molecular weight is 480 g/mol. The Morgan fingerprint density at radius 2 is 1.44 bits per heavy atom. The number of rotatable bonds is 7. The van der Waals surface area contributed by atoms with E-state index >= 15 is 0 Å². The average Bonchev–Trinajstić information content (AvgIpc) is 2.90. The molecule has 0 aliphatic carbocycles. The van der Waals surface area contributed by atoms with Gasteiger partial charge in [0, 0.05) is 50.7 Å². The monoisotopic (exact) mass is 479 g/mol. The Bertz CT molecular complexity index is 1220. The number of carbonyl (C=O) groups excluding carboxylic acids is 2. The van der Waals surface area contributed by atoms with Crippen molar-refractivity contribution in [3.63, 3.8) is 0 Å². The molecule has 1 aliphatic heterocycles. The lowest BCUT2D eigenvalue weighted by molar-refractivity contribution is -0.128. The summed E-state index contributed by atoms with van der Waals surface area (Å²) in [5.74, 6) is -0.463. The minimum absolute atomic E-state index is 0.0380. The van der Waals surface area contributed by atoms with Gasteiger partial charge in [-0.05, 0) is 29.3 Å². The largest absolute Gasteiger partial charge is 0.360 e. The third-order valence-corrected chi connectivity index (χ3v) is 6.11. The van der Waals surface area contributed by atoms with Crippen molar-refractivity contribution in [1.82, 2.24) is 9.80 Å². The molecule has 0 saturated carbocycles. The highest BCUT2D eigenvalue weighted by molar-refractivity contribution is 5.97. The summed E-state index contributed by atoms with van der Waals surface area (Å²) in [6.45, 7) is 3.91. The fourth-order valence-electron chi connectivity index (χ4n) is 4.43. The Morgan fingerprint density at radius 3 is 2.00 bits per heavy atom. The second-order valence-electron chi connectivity index (χ2n) is 8.63. The third-order valence-electron chi connectivity index (χ3n) is 6.11. The molecular formula is C29H29N5O2. The number of hydrogen-bond acceptors (Lipinski definition) is 5. The second-order valence-corrected chi connectivity index (χ2v) is 8.63. The zero-order valence-electron chi connectivity index (χ0n) is 20.2. The number of nitrogens with zero attached hydrogens (tertiary/aromatic N) is 3. The van der Waals surface area contributed by atoms with Crippen molar-refractivity contribution in [2.45, 2.75) is 13.0 Å². The van der Waals surface area contributed by atoms with E-state index in [-0.39, 0.29) is 23.4 Å². The molecule has 0 radical (unpaired) electrons. The van der Waals surface area contributed by atoms with Crippen LogP contribution in [0.4, 0.5) is 11.4 Å². The van der Waals surface area contributed by atoms with E-state index in [0.717, 1.165) is 0 Å². The first-order valence-corrected chi connectivity index (χ1v) is 11.9. The maximum atomic E-state index is 13.1. The minimum atomic E-state index is -0.293. The van der Waals surface area contributed by atoms with Crippen LogP contribution in [0.2, 0.25) is 0 Å². The summed E-state index contributed by atoms with van der Waals surface area (Å²) in [6, 6.07) is 30.0. The van der Waals surface area contributed by atoms with Gasteiger partial charge < -0.3 is 15.5 Å². The second kappa shape index (κ2) is 11.8. The van der Waals surface area contributed by atoms with E-state index in [4.69, 9.17) is 0 Å². The van der Waals surface area contributed by atoms with Gasteiger partial charge in [-0.3, -0.25) is 14.5 Å². The molecule has 0 bridgehead atoms. The molecule has 182 valence electrons. The smallest absolute Gasteiger partial charge is 0.266 e. The van der Waals surface area contributed by atoms with Gasteiger partial charge in [0.25, 0.3) is 5.91 Å². The Balaban J connectivity index is 1.43. The minimum Gasteiger partial charge on any atom is -0.360 e. The molecule has 7 heteroatoms. The summed E-state index contributed by atoms with van der Waals surface area (Å²) < 4.78 is 0. The normalized spacial score (nSPS) is 14.2. The molecule has 2 amide bonds. The molecule has 7 nitrogen and oxygen atoms in total. The molecule has 1 aliphatic rings. The SMILES string of the molecule is CC(=O)Nc1cccc(N/C=C(/C#N)C(=O)N2CCN(C(c3ccccc3)c3ccccc3)CC2)c1. The summed E-state index contributed by atoms with van der Waals surface area (Å²) in [6.07, 6.45) is 1.43. The number of amides is 2. The number of benzene rings is 3. The number of nitrogens with one attached hydrogen (secondary N) is 2. The van der Waals surface area contributed by atoms with E-state index in [9.17, 15) is 14.9 Å². The number of carbonyl (C=O) groups is 2. The molecule has 36 heavy (non-hydrogen) atoms. The fourth-order valence-corrected chi connectivity index (χ4v) is 4.43. The van der Waals surface area contributed by atoms with Crippen molar-refractivity contribution >= 4 is 23.2 Å². The lowest BCUT2D eigenvalue weighted by Crippen LogP contribution is -2.50. The van der Waals surface area contributed by atoms with Crippen LogP contribution in [0.1, 0.15) is 24.1 Å². The summed E-state index contributed by atoms with van der Waals surface area (Å²) in [5, 5.41) is 15.4. The molecule has 4 rings (SSSR count). The first-order valence-electron chi connectivity index (χ1n) is 11.9. The molecule has 3 aromatic rings. The number of anilines is 2. The van der Waals surface area contributed by atoms with E-state index in [0.29, 0.717) is 37.6 Å². The van der Waals surface area contributed by atoms with Crippen LogP contribution in [0, 0.1) is 11.3 Å². The number of hydrogen-bond donors (Lipinski definition) is 2. The predicted octanol–water partition coefficient (Wildman–Crippen LogP) is 4.40. The van der Waals surface area contributed by atoms with Gasteiger partial charge in [0.2, 0.25) is 5.91 Å². The van der Waals surface area contributed by atoms with Crippen molar-refractivity contribution in [2.75, 3.05) is 36.8 Å². The molecular weight excluding hydrogens is 450 g/mol. The van der Waals surface area contributed by atoms with Crippen LogP contribution in [0.15, 0.2) is 96.7 Å². The summed E-state index contributed by atoms with van der Waals surface area (Å²) in [7, 11) is 0. The molecule has 3 aromatic carbocycles. The number of piperazine rings is 1. The van der Waals surface area contributed by atoms with E-state index in [1.807, 2.05) is 42.5 Å². The quantitative estimate of drug-likeness (QED) is 0.387. The molecule has 1 heterocycles. The summed E-state index contributed by atoms with van der Waals surface area (Å²) in [4.78, 5) is 28.5. The maximum Gasteiger partial charge on any atom is 0.266 e. The Morgan fingerprint density at radius 1 is 0.861 bits per heavy atom. The number of nitriles is 1. The van der Waals surface area contributed by atoms with Gasteiger partial charge in [0.15, 0.2) is 0 Å². The Hall–Kier alpha value is -4.41. The third kappa shape index (κ3) is 6.17. The van der Waals surface area contributed by atoms with E-state index in [2.05, 4.69) is 39.8 Å². The van der Waals surface area contributed by atoms with Gasteiger partial charge >= 0.3 is 0 Å².